The van der Waals surface area contributed by atoms with E-state index in [-0.39, 0.29) is 22.3 Å². The Morgan fingerprint density at radius 1 is 0.410 bits per heavy atom. The zero-order chi connectivity index (χ0) is 40.6. The van der Waals surface area contributed by atoms with Gasteiger partial charge in [-0.05, 0) is 94.9 Å². The second-order valence-corrected chi connectivity index (χ2v) is 16.0. The first-order valence-corrected chi connectivity index (χ1v) is 20.3. The minimum absolute atomic E-state index is 0. The van der Waals surface area contributed by atoms with Crippen LogP contribution in [0.25, 0.3) is 100 Å². The predicted molar refractivity (Wildman–Crippen MR) is 247 cm³/mol. The maximum atomic E-state index is 15.6. The molecule has 0 saturated heterocycles. The molecule has 3 aromatic heterocycles. The Morgan fingerprint density at radius 3 is 1.43 bits per heavy atom. The third-order valence-corrected chi connectivity index (χ3v) is 11.9. The first kappa shape index (κ1) is 38.1. The van der Waals surface area contributed by atoms with Crippen molar-refractivity contribution in [2.24, 2.45) is 0 Å². The molecular weight excluding hydrogens is 791 g/mol. The van der Waals surface area contributed by atoms with Crippen LogP contribution in [0, 0.1) is 27.7 Å². The fourth-order valence-electron chi connectivity index (χ4n) is 8.88. The normalized spacial score (nSPS) is 12.1. The molecule has 0 fully saturated rings. The van der Waals surface area contributed by atoms with Crippen molar-refractivity contribution in [1.29, 1.82) is 0 Å². The molecule has 0 amide bonds. The van der Waals surface area contributed by atoms with E-state index in [1.807, 2.05) is 30.3 Å². The largest absolute Gasteiger partial charge is 2.00 e. The molecule has 294 valence electrons. The van der Waals surface area contributed by atoms with Crippen LogP contribution in [0.15, 0.2) is 146 Å². The van der Waals surface area contributed by atoms with Crippen molar-refractivity contribution in [3.63, 3.8) is 0 Å². The molecule has 6 heteroatoms. The van der Waals surface area contributed by atoms with Gasteiger partial charge in [-0.1, -0.05) is 168 Å². The maximum Gasteiger partial charge on any atom is 2.00 e. The Labute approximate surface area is 363 Å². The van der Waals surface area contributed by atoms with Crippen LogP contribution >= 0.6 is 0 Å². The molecule has 6 aromatic carbocycles. The molecule has 0 saturated carbocycles. The molecule has 2 aliphatic heterocycles. The zero-order valence-electron chi connectivity index (χ0n) is 34.0. The van der Waals surface area contributed by atoms with Gasteiger partial charge >= 0.3 is 16.5 Å². The number of hydrogen-bond donors (Lipinski definition) is 0. The van der Waals surface area contributed by atoms with E-state index in [1.54, 1.807) is 0 Å². The van der Waals surface area contributed by atoms with Crippen LogP contribution in [0.4, 0.5) is 0 Å². The minimum Gasteiger partial charge on any atom is -0.657 e. The Hall–Kier alpha value is -7.14. The summed E-state index contributed by atoms with van der Waals surface area (Å²) in [5, 5.41) is 2.79. The van der Waals surface area contributed by atoms with Gasteiger partial charge in [-0.25, -0.2) is 9.97 Å². The first-order valence-electron chi connectivity index (χ1n) is 20.3. The number of carbonyl (C=O) groups excluding carboxylic acids is 1. The number of ketones is 1. The summed E-state index contributed by atoms with van der Waals surface area (Å²) in [6, 6.07) is 50.2. The van der Waals surface area contributed by atoms with E-state index in [9.17, 15) is 0 Å². The van der Waals surface area contributed by atoms with E-state index in [0.29, 0.717) is 27.9 Å². The van der Waals surface area contributed by atoms with Gasteiger partial charge in [0.15, 0.2) is 0 Å². The summed E-state index contributed by atoms with van der Waals surface area (Å²) in [6.45, 7) is 8.35. The van der Waals surface area contributed by atoms with Crippen LogP contribution in [0.2, 0.25) is 0 Å². The molecule has 2 aliphatic rings. The van der Waals surface area contributed by atoms with Crippen LogP contribution in [0.5, 0.6) is 0 Å². The smallest absolute Gasteiger partial charge is 0.657 e. The van der Waals surface area contributed by atoms with Gasteiger partial charge in [0.05, 0.1) is 22.5 Å². The molecule has 0 aliphatic carbocycles. The third kappa shape index (κ3) is 6.34. The van der Waals surface area contributed by atoms with Crippen molar-refractivity contribution in [3.05, 3.63) is 190 Å². The van der Waals surface area contributed by atoms with E-state index in [2.05, 4.69) is 155 Å². The van der Waals surface area contributed by atoms with Crippen LogP contribution in [-0.4, -0.2) is 15.8 Å². The summed E-state index contributed by atoms with van der Waals surface area (Å²) < 4.78 is 0. The average molecular weight is 830 g/mol. The molecule has 5 nitrogen and oxygen atoms in total. The summed E-state index contributed by atoms with van der Waals surface area (Å²) in [5.74, 6) is -0.138. The van der Waals surface area contributed by atoms with Crippen molar-refractivity contribution in [3.8, 4) is 44.5 Å². The first-order chi connectivity index (χ1) is 29.3. The van der Waals surface area contributed by atoms with Gasteiger partial charge in [-0.2, -0.15) is 0 Å². The number of rotatable bonds is 4. The molecule has 0 atom stereocenters. The molecule has 0 radical (unpaired) electrons. The summed E-state index contributed by atoms with van der Waals surface area (Å²) in [7, 11) is 0. The van der Waals surface area contributed by atoms with Crippen LogP contribution in [-0.2, 0) is 16.5 Å². The van der Waals surface area contributed by atoms with E-state index in [4.69, 9.17) is 19.9 Å². The molecular formula is C55H38N4NiO. The van der Waals surface area contributed by atoms with Gasteiger partial charge in [-0.3, -0.25) is 4.79 Å². The zero-order valence-corrected chi connectivity index (χ0v) is 35.0. The number of benzene rings is 6. The number of carbonyl (C=O) groups is 1. The van der Waals surface area contributed by atoms with E-state index < -0.39 is 0 Å². The molecule has 0 spiro atoms. The average Bonchev–Trinajstić information content (AvgIpc) is 4.09. The van der Waals surface area contributed by atoms with E-state index in [1.165, 1.54) is 5.56 Å². The predicted octanol–water partition coefficient (Wildman–Crippen LogP) is 13.2. The van der Waals surface area contributed by atoms with Crippen LogP contribution in [0.1, 0.15) is 49.7 Å². The number of fused-ring (bicyclic) bond motifs is 10. The second kappa shape index (κ2) is 14.8. The Balaban J connectivity index is 0.00000445. The summed E-state index contributed by atoms with van der Waals surface area (Å²) in [6.07, 6.45) is 4.18. The van der Waals surface area contributed by atoms with Gasteiger partial charge in [0.25, 0.3) is 0 Å². The van der Waals surface area contributed by atoms with Crippen molar-refractivity contribution in [2.75, 3.05) is 0 Å². The van der Waals surface area contributed by atoms with Gasteiger partial charge in [0, 0.05) is 5.56 Å². The Kier molecular flexibility index (Phi) is 9.27. The fraction of sp³-hybridized carbons (Fsp3) is 0.0727. The monoisotopic (exact) mass is 828 g/mol. The number of aromatic nitrogens is 4. The van der Waals surface area contributed by atoms with Crippen molar-refractivity contribution < 1.29 is 21.3 Å². The summed E-state index contributed by atoms with van der Waals surface area (Å²) in [4.78, 5) is 37.3. The van der Waals surface area contributed by atoms with Crippen molar-refractivity contribution >= 4 is 61.7 Å². The van der Waals surface area contributed by atoms with Crippen molar-refractivity contribution in [1.82, 2.24) is 19.9 Å². The van der Waals surface area contributed by atoms with Gasteiger partial charge in [-0.15, -0.1) is 22.1 Å². The van der Waals surface area contributed by atoms with Crippen molar-refractivity contribution in [2.45, 2.75) is 27.7 Å². The van der Waals surface area contributed by atoms with Gasteiger partial charge < -0.3 is 9.97 Å². The molecule has 8 bridgehead atoms. The molecule has 0 unspecified atom stereocenters. The molecule has 5 heterocycles. The van der Waals surface area contributed by atoms with Gasteiger partial charge in [0.1, 0.15) is 5.69 Å². The maximum absolute atomic E-state index is 15.6. The SMILES string of the molecule is Cc1ccc(-c2c3nc(c(-c4ccc(C)cc4)c4ccc([n-]4)c4c5nc(c(-c6ccc(C)cc6)c6ccc2[n-]6)C(=O)c5c(-c2ccccc2)c2cc(C)ccc24)C=C3)cc1.[Ni+2]. The van der Waals surface area contributed by atoms with Gasteiger partial charge in [0.2, 0.25) is 5.78 Å². The Morgan fingerprint density at radius 2 is 0.869 bits per heavy atom. The molecule has 0 N–H and O–H groups in total. The summed E-state index contributed by atoms with van der Waals surface area (Å²) in [5.41, 5.74) is 17.9. The Bertz CT molecular complexity index is 3450. The topological polar surface area (TPSA) is 71.1 Å². The minimum atomic E-state index is -0.138. The van der Waals surface area contributed by atoms with E-state index >= 15 is 4.79 Å². The number of hydrogen-bond acceptors (Lipinski definition) is 3. The van der Waals surface area contributed by atoms with Crippen LogP contribution in [0.3, 0.4) is 0 Å². The molecule has 61 heavy (non-hydrogen) atoms. The summed E-state index contributed by atoms with van der Waals surface area (Å²) >= 11 is 0. The quantitative estimate of drug-likeness (QED) is 0.165. The van der Waals surface area contributed by atoms with E-state index in [0.717, 1.165) is 99.7 Å². The number of aryl methyl sites for hydroxylation is 4. The van der Waals surface area contributed by atoms with Crippen LogP contribution < -0.4 is 9.97 Å². The number of nitrogens with zero attached hydrogens (tertiary/aromatic N) is 4. The molecule has 11 rings (SSSR count). The third-order valence-electron chi connectivity index (χ3n) is 11.9. The molecule has 9 aromatic rings. The second-order valence-electron chi connectivity index (χ2n) is 16.0. The fourth-order valence-corrected chi connectivity index (χ4v) is 8.88. The standard InChI is InChI=1S/C55H39N4O.Ni/c1-31-10-17-36(18-11-31)48-41-24-25-42(56-41)49(37-19-12-32(2)13-20-37)44-27-29-46(58-44)51-39-23-16-34(4)30-40(39)47(35-8-6-5-7-9-35)52-53(51)59-54(55(52)60)50(45-28-26-43(48)57-45)38-21-14-33(3)15-22-38;/h5-30H,1-4H3,(H-,56,57,58,59,60);/q-1;+2/p-1.